The number of hydrogen-bond acceptors (Lipinski definition) is 8. The Morgan fingerprint density at radius 2 is 2.22 bits per heavy atom. The van der Waals surface area contributed by atoms with E-state index in [4.69, 9.17) is 15.3 Å². The van der Waals surface area contributed by atoms with E-state index in [-0.39, 0.29) is 5.97 Å². The summed E-state index contributed by atoms with van der Waals surface area (Å²) < 4.78 is 11.5. The molecule has 2 aromatic rings. The number of thioether (sulfide) groups is 1. The van der Waals surface area contributed by atoms with Crippen LogP contribution in [0.2, 0.25) is 0 Å². The summed E-state index contributed by atoms with van der Waals surface area (Å²) in [6.45, 7) is 4.38. The second-order valence-electron chi connectivity index (χ2n) is 4.69. The van der Waals surface area contributed by atoms with Crippen LogP contribution in [0.4, 0.5) is 0 Å². The van der Waals surface area contributed by atoms with Gasteiger partial charge in [0.2, 0.25) is 5.16 Å². The maximum Gasteiger partial charge on any atom is 0.341 e. The lowest BCUT2D eigenvalue weighted by Gasteiger charge is -2.04. The van der Waals surface area contributed by atoms with Crippen molar-refractivity contribution < 1.29 is 14.3 Å². The number of carbonyl (C=O) groups excluding carboxylic acids is 1. The fourth-order valence-electron chi connectivity index (χ4n) is 1.96. The molecule has 2 heterocycles. The molecule has 0 saturated heterocycles. The van der Waals surface area contributed by atoms with E-state index in [1.54, 1.807) is 21.0 Å². The van der Waals surface area contributed by atoms with Crippen molar-refractivity contribution in [3.8, 4) is 0 Å². The first-order valence-electron chi connectivity index (χ1n) is 7.10. The number of carbonyl (C=O) groups is 1. The second kappa shape index (κ2) is 7.97. The molecule has 3 N–H and O–H groups in total. The van der Waals surface area contributed by atoms with Crippen LogP contribution in [-0.4, -0.2) is 51.4 Å². The van der Waals surface area contributed by atoms with Gasteiger partial charge in [-0.3, -0.25) is 5.10 Å². The molecule has 0 bridgehead atoms. The van der Waals surface area contributed by atoms with Crippen LogP contribution < -0.4 is 5.84 Å². The molecule has 2 rings (SSSR count). The fraction of sp³-hybridized carbons (Fsp3) is 0.538. The molecule has 2 aromatic heterocycles. The Morgan fingerprint density at radius 1 is 1.43 bits per heavy atom. The van der Waals surface area contributed by atoms with Gasteiger partial charge in [0, 0.05) is 25.0 Å². The summed E-state index contributed by atoms with van der Waals surface area (Å²) in [4.78, 5) is 12.0. The fourth-order valence-corrected chi connectivity index (χ4v) is 2.78. The molecule has 0 amide bonds. The minimum atomic E-state index is -0.385. The van der Waals surface area contributed by atoms with Crippen LogP contribution in [0.1, 0.15) is 34.5 Å². The Balaban J connectivity index is 2.07. The molecule has 0 aliphatic heterocycles. The van der Waals surface area contributed by atoms with Crippen molar-refractivity contribution in [2.24, 2.45) is 0 Å². The molecular formula is C13H20N6O3S. The number of rotatable bonds is 8. The van der Waals surface area contributed by atoms with Gasteiger partial charge in [0.05, 0.1) is 18.9 Å². The predicted octanol–water partition coefficient (Wildman–Crippen LogP) is 0.681. The standard InChI is InChI=1S/C13H20N6O3S/c1-4-22-12(20)11-8(2)15-16-9(11)7-23-13-18-17-10(19(13)14)5-6-21-3/h4-7,14H2,1-3H3,(H,15,16). The van der Waals surface area contributed by atoms with Crippen molar-refractivity contribution in [1.29, 1.82) is 0 Å². The number of aryl methyl sites for hydroxylation is 1. The van der Waals surface area contributed by atoms with Crippen molar-refractivity contribution in [2.75, 3.05) is 26.2 Å². The van der Waals surface area contributed by atoms with Crippen LogP contribution in [0.5, 0.6) is 0 Å². The largest absolute Gasteiger partial charge is 0.462 e. The molecule has 0 fully saturated rings. The topological polar surface area (TPSA) is 121 Å². The number of methoxy groups -OCH3 is 1. The van der Waals surface area contributed by atoms with Gasteiger partial charge >= 0.3 is 5.97 Å². The van der Waals surface area contributed by atoms with Gasteiger partial charge in [-0.25, -0.2) is 9.47 Å². The van der Waals surface area contributed by atoms with E-state index >= 15 is 0 Å². The highest BCUT2D eigenvalue weighted by atomic mass is 32.2. The number of esters is 1. The lowest BCUT2D eigenvalue weighted by atomic mass is 10.2. The van der Waals surface area contributed by atoms with E-state index in [1.165, 1.54) is 16.4 Å². The third-order valence-corrected chi connectivity index (χ3v) is 4.06. The SMILES string of the molecule is CCOC(=O)c1c(CSc2nnc(CCOC)n2N)n[nH]c1C. The Kier molecular flexibility index (Phi) is 5.99. The normalized spacial score (nSPS) is 10.9. The number of aromatic amines is 1. The molecule has 9 nitrogen and oxygen atoms in total. The molecular weight excluding hydrogens is 320 g/mol. The molecule has 0 spiro atoms. The molecule has 0 aliphatic carbocycles. The number of nitrogens with one attached hydrogen (secondary N) is 1. The Hall–Kier alpha value is -2.07. The quantitative estimate of drug-likeness (QED) is 0.409. The van der Waals surface area contributed by atoms with E-state index in [9.17, 15) is 4.79 Å². The molecule has 10 heteroatoms. The summed E-state index contributed by atoms with van der Waals surface area (Å²) >= 11 is 1.35. The van der Waals surface area contributed by atoms with Crippen molar-refractivity contribution >= 4 is 17.7 Å². The number of ether oxygens (including phenoxy) is 2. The number of H-pyrrole nitrogens is 1. The van der Waals surface area contributed by atoms with Crippen LogP contribution in [0.3, 0.4) is 0 Å². The summed E-state index contributed by atoms with van der Waals surface area (Å²) in [5.41, 5.74) is 1.74. The molecule has 0 atom stereocenters. The first-order valence-corrected chi connectivity index (χ1v) is 8.09. The van der Waals surface area contributed by atoms with Crippen LogP contribution >= 0.6 is 11.8 Å². The zero-order chi connectivity index (χ0) is 16.8. The smallest absolute Gasteiger partial charge is 0.341 e. The van der Waals surface area contributed by atoms with Crippen LogP contribution in [-0.2, 0) is 21.6 Å². The number of nitrogens with zero attached hydrogens (tertiary/aromatic N) is 4. The lowest BCUT2D eigenvalue weighted by Crippen LogP contribution is -2.15. The average molecular weight is 340 g/mol. The minimum absolute atomic E-state index is 0.315. The monoisotopic (exact) mass is 340 g/mol. The highest BCUT2D eigenvalue weighted by Crippen LogP contribution is 2.23. The average Bonchev–Trinajstić information content (AvgIpc) is 3.06. The van der Waals surface area contributed by atoms with E-state index in [0.717, 1.165) is 0 Å². The van der Waals surface area contributed by atoms with Gasteiger partial charge in [-0.05, 0) is 13.8 Å². The summed E-state index contributed by atoms with van der Waals surface area (Å²) in [7, 11) is 1.61. The zero-order valence-corrected chi connectivity index (χ0v) is 14.1. The highest BCUT2D eigenvalue weighted by molar-refractivity contribution is 7.98. The molecule has 23 heavy (non-hydrogen) atoms. The molecule has 0 aliphatic rings. The van der Waals surface area contributed by atoms with E-state index in [0.29, 0.717) is 53.3 Å². The molecule has 0 unspecified atom stereocenters. The van der Waals surface area contributed by atoms with Gasteiger partial charge in [-0.1, -0.05) is 11.8 Å². The van der Waals surface area contributed by atoms with E-state index in [2.05, 4.69) is 20.4 Å². The molecule has 0 aromatic carbocycles. The van der Waals surface area contributed by atoms with Gasteiger partial charge < -0.3 is 15.3 Å². The highest BCUT2D eigenvalue weighted by Gasteiger charge is 2.20. The lowest BCUT2D eigenvalue weighted by molar-refractivity contribution is 0.0524. The first kappa shape index (κ1) is 17.3. The van der Waals surface area contributed by atoms with Crippen LogP contribution in [0.15, 0.2) is 5.16 Å². The zero-order valence-electron chi connectivity index (χ0n) is 13.3. The van der Waals surface area contributed by atoms with Crippen molar-refractivity contribution in [3.63, 3.8) is 0 Å². The number of nitrogen functional groups attached to an aromatic ring is 1. The Morgan fingerprint density at radius 3 is 2.91 bits per heavy atom. The molecule has 126 valence electrons. The number of aromatic nitrogens is 5. The first-order chi connectivity index (χ1) is 11.1. The van der Waals surface area contributed by atoms with E-state index < -0.39 is 0 Å². The van der Waals surface area contributed by atoms with Crippen molar-refractivity contribution in [3.05, 3.63) is 22.8 Å². The third kappa shape index (κ3) is 4.02. The van der Waals surface area contributed by atoms with Gasteiger partial charge in [0.25, 0.3) is 0 Å². The van der Waals surface area contributed by atoms with Gasteiger partial charge in [-0.2, -0.15) is 5.10 Å². The number of nitrogens with two attached hydrogens (primary N) is 1. The summed E-state index contributed by atoms with van der Waals surface area (Å²) in [5.74, 6) is 6.64. The summed E-state index contributed by atoms with van der Waals surface area (Å²) in [6, 6.07) is 0. The van der Waals surface area contributed by atoms with Crippen molar-refractivity contribution in [1.82, 2.24) is 25.1 Å². The van der Waals surface area contributed by atoms with Gasteiger partial charge in [0.15, 0.2) is 5.82 Å². The Bertz CT molecular complexity index is 669. The predicted molar refractivity (Wildman–Crippen MR) is 84.6 cm³/mol. The Labute approximate surface area is 137 Å². The number of hydrogen-bond donors (Lipinski definition) is 2. The second-order valence-corrected chi connectivity index (χ2v) is 5.63. The van der Waals surface area contributed by atoms with E-state index in [1.807, 2.05) is 0 Å². The summed E-state index contributed by atoms with van der Waals surface area (Å²) in [6.07, 6.45) is 0.580. The molecule has 0 saturated carbocycles. The third-order valence-electron chi connectivity index (χ3n) is 3.10. The van der Waals surface area contributed by atoms with Crippen LogP contribution in [0, 0.1) is 6.92 Å². The van der Waals surface area contributed by atoms with Gasteiger partial charge in [0.1, 0.15) is 5.56 Å². The maximum atomic E-state index is 12.0. The summed E-state index contributed by atoms with van der Waals surface area (Å²) in [5, 5.41) is 15.6. The molecule has 0 radical (unpaired) electrons. The maximum absolute atomic E-state index is 12.0. The minimum Gasteiger partial charge on any atom is -0.462 e. The van der Waals surface area contributed by atoms with Gasteiger partial charge in [-0.15, -0.1) is 10.2 Å². The van der Waals surface area contributed by atoms with Crippen LogP contribution in [0.25, 0.3) is 0 Å². The van der Waals surface area contributed by atoms with Crippen molar-refractivity contribution in [2.45, 2.75) is 31.2 Å².